The molecule has 2 aliphatic heterocycles. The van der Waals surface area contributed by atoms with Crippen LogP contribution in [-0.4, -0.2) is 23.8 Å². The second-order valence-corrected chi connectivity index (χ2v) is 3.58. The van der Waals surface area contributed by atoms with Gasteiger partial charge in [-0.15, -0.1) is 0 Å². The van der Waals surface area contributed by atoms with E-state index in [2.05, 4.69) is 9.73 Å². The predicted octanol–water partition coefficient (Wildman–Crippen LogP) is 1.14. The standard InChI is InChI=1S/C12H5NO5/c14-9-5-4-8(17-9)13-7-3-1-2-6-10(7)12(16)18-11(6)15/h1-5H. The summed E-state index contributed by atoms with van der Waals surface area (Å²) in [5, 5.41) is 0. The molecule has 0 fully saturated rings. The molecule has 2 aliphatic rings. The van der Waals surface area contributed by atoms with E-state index >= 15 is 0 Å². The van der Waals surface area contributed by atoms with Gasteiger partial charge in [-0.2, -0.15) is 0 Å². The topological polar surface area (TPSA) is 82.0 Å². The van der Waals surface area contributed by atoms with Gasteiger partial charge in [-0.25, -0.2) is 19.4 Å². The lowest BCUT2D eigenvalue weighted by Gasteiger charge is -1.99. The second-order valence-electron chi connectivity index (χ2n) is 3.58. The van der Waals surface area contributed by atoms with Gasteiger partial charge in [-0.3, -0.25) is 0 Å². The summed E-state index contributed by atoms with van der Waals surface area (Å²) in [5.74, 6) is -1.90. The van der Waals surface area contributed by atoms with Gasteiger partial charge in [0.05, 0.1) is 11.3 Å². The van der Waals surface area contributed by atoms with Crippen LogP contribution in [0.3, 0.4) is 0 Å². The molecule has 18 heavy (non-hydrogen) atoms. The Morgan fingerprint density at radius 2 is 1.78 bits per heavy atom. The van der Waals surface area contributed by atoms with Crippen molar-refractivity contribution in [2.45, 2.75) is 0 Å². The quantitative estimate of drug-likeness (QED) is 0.545. The first-order chi connectivity index (χ1) is 8.65. The zero-order valence-electron chi connectivity index (χ0n) is 8.88. The molecule has 2 heterocycles. The maximum atomic E-state index is 11.5. The van der Waals surface area contributed by atoms with Gasteiger partial charge in [0.1, 0.15) is 5.56 Å². The molecule has 6 heteroatoms. The number of esters is 3. The molecule has 0 amide bonds. The molecule has 0 aliphatic carbocycles. The zero-order valence-corrected chi connectivity index (χ0v) is 8.88. The number of hydrogen-bond acceptors (Lipinski definition) is 6. The Balaban J connectivity index is 2.10. The van der Waals surface area contributed by atoms with Crippen molar-refractivity contribution in [3.63, 3.8) is 0 Å². The third kappa shape index (κ3) is 1.51. The summed E-state index contributed by atoms with van der Waals surface area (Å²) in [4.78, 5) is 37.7. The van der Waals surface area contributed by atoms with E-state index in [1.54, 1.807) is 6.07 Å². The molecular weight excluding hydrogens is 238 g/mol. The highest BCUT2D eigenvalue weighted by atomic mass is 16.6. The number of cyclic esters (lactones) is 3. The van der Waals surface area contributed by atoms with Crippen molar-refractivity contribution in [3.05, 3.63) is 41.5 Å². The van der Waals surface area contributed by atoms with E-state index < -0.39 is 17.9 Å². The Morgan fingerprint density at radius 3 is 2.50 bits per heavy atom. The van der Waals surface area contributed by atoms with Crippen LogP contribution in [0.15, 0.2) is 35.3 Å². The maximum Gasteiger partial charge on any atom is 0.349 e. The largest absolute Gasteiger partial charge is 0.404 e. The van der Waals surface area contributed by atoms with E-state index in [-0.39, 0.29) is 22.7 Å². The molecule has 6 nitrogen and oxygen atoms in total. The summed E-state index contributed by atoms with van der Waals surface area (Å²) in [7, 11) is 0. The van der Waals surface area contributed by atoms with Crippen molar-refractivity contribution in [3.8, 4) is 0 Å². The molecule has 0 atom stereocenters. The summed E-state index contributed by atoms with van der Waals surface area (Å²) in [6, 6.07) is 4.58. The first-order valence-corrected chi connectivity index (χ1v) is 5.03. The van der Waals surface area contributed by atoms with Crippen LogP contribution >= 0.6 is 0 Å². The summed E-state index contributed by atoms with van der Waals surface area (Å²) >= 11 is 0. The number of fused-ring (bicyclic) bond motifs is 1. The van der Waals surface area contributed by atoms with Crippen LogP contribution in [0.1, 0.15) is 20.7 Å². The Kier molecular flexibility index (Phi) is 2.09. The molecule has 1 aromatic carbocycles. The molecule has 3 rings (SSSR count). The Labute approximate surface area is 101 Å². The van der Waals surface area contributed by atoms with Crippen LogP contribution in [0.25, 0.3) is 0 Å². The van der Waals surface area contributed by atoms with E-state index in [1.807, 2.05) is 0 Å². The predicted molar refractivity (Wildman–Crippen MR) is 58.5 cm³/mol. The van der Waals surface area contributed by atoms with Crippen molar-refractivity contribution in [2.75, 3.05) is 0 Å². The molecule has 0 bridgehead atoms. The van der Waals surface area contributed by atoms with Crippen molar-refractivity contribution in [2.24, 2.45) is 4.99 Å². The second kappa shape index (κ2) is 3.63. The van der Waals surface area contributed by atoms with Gasteiger partial charge in [0.25, 0.3) is 0 Å². The number of hydrogen-bond donors (Lipinski definition) is 0. The van der Waals surface area contributed by atoms with E-state index in [0.717, 1.165) is 0 Å². The Bertz CT molecular complexity index is 656. The molecule has 0 saturated carbocycles. The van der Waals surface area contributed by atoms with Gasteiger partial charge in [0.15, 0.2) is 0 Å². The highest BCUT2D eigenvalue weighted by Crippen LogP contribution is 2.29. The third-order valence-electron chi connectivity index (χ3n) is 2.45. The highest BCUT2D eigenvalue weighted by Gasteiger charge is 2.32. The molecule has 0 spiro atoms. The minimum atomic E-state index is -0.747. The zero-order chi connectivity index (χ0) is 12.7. The number of rotatable bonds is 1. The molecule has 0 unspecified atom stereocenters. The van der Waals surface area contributed by atoms with Gasteiger partial charge in [-0.1, -0.05) is 6.07 Å². The van der Waals surface area contributed by atoms with Crippen LogP contribution in [0, 0.1) is 0 Å². The fraction of sp³-hybridized carbons (Fsp3) is 0. The fourth-order valence-electron chi connectivity index (χ4n) is 1.70. The van der Waals surface area contributed by atoms with E-state index in [0.29, 0.717) is 0 Å². The van der Waals surface area contributed by atoms with Crippen molar-refractivity contribution in [1.29, 1.82) is 0 Å². The number of benzene rings is 1. The molecule has 88 valence electrons. The average molecular weight is 243 g/mol. The number of carbonyl (C=O) groups excluding carboxylic acids is 3. The number of aliphatic imine (C=N–C) groups is 1. The molecular formula is C12H5NO5. The summed E-state index contributed by atoms with van der Waals surface area (Å²) in [6.45, 7) is 0. The van der Waals surface area contributed by atoms with E-state index in [1.165, 1.54) is 24.3 Å². The fourth-order valence-corrected chi connectivity index (χ4v) is 1.70. The van der Waals surface area contributed by atoms with Crippen molar-refractivity contribution < 1.29 is 23.9 Å². The van der Waals surface area contributed by atoms with Gasteiger partial charge < -0.3 is 9.47 Å². The van der Waals surface area contributed by atoms with E-state index in [4.69, 9.17) is 4.74 Å². The first-order valence-electron chi connectivity index (χ1n) is 5.03. The number of nitrogens with zero attached hydrogens (tertiary/aromatic N) is 1. The minimum absolute atomic E-state index is 0.0700. The highest BCUT2D eigenvalue weighted by molar-refractivity contribution is 6.18. The lowest BCUT2D eigenvalue weighted by Crippen LogP contribution is -2.00. The van der Waals surface area contributed by atoms with E-state index in [9.17, 15) is 14.4 Å². The SMILES string of the molecule is O=C1C=CC(=Nc2cccc3c2C(=O)OC3=O)O1. The molecule has 1 aromatic rings. The van der Waals surface area contributed by atoms with Crippen molar-refractivity contribution >= 4 is 29.5 Å². The Hall–Kier alpha value is -2.76. The van der Waals surface area contributed by atoms with Gasteiger partial charge in [-0.05, 0) is 12.1 Å². The van der Waals surface area contributed by atoms with Crippen LogP contribution in [-0.2, 0) is 14.3 Å². The molecule has 0 saturated heterocycles. The summed E-state index contributed by atoms with van der Waals surface area (Å²) in [6.07, 6.45) is 2.59. The number of carbonyl (C=O) groups is 3. The minimum Gasteiger partial charge on any atom is -0.404 e. The maximum absolute atomic E-state index is 11.5. The summed E-state index contributed by atoms with van der Waals surface area (Å²) < 4.78 is 9.24. The van der Waals surface area contributed by atoms with Crippen LogP contribution in [0.5, 0.6) is 0 Å². The van der Waals surface area contributed by atoms with Crippen LogP contribution in [0.4, 0.5) is 5.69 Å². The van der Waals surface area contributed by atoms with Gasteiger partial charge in [0, 0.05) is 12.2 Å². The van der Waals surface area contributed by atoms with Gasteiger partial charge in [0.2, 0.25) is 5.90 Å². The molecule has 0 N–H and O–H groups in total. The Morgan fingerprint density at radius 1 is 0.944 bits per heavy atom. The normalized spacial score (nSPS) is 19.1. The summed E-state index contributed by atoms with van der Waals surface area (Å²) in [5.41, 5.74) is 0.485. The average Bonchev–Trinajstić information content (AvgIpc) is 2.85. The first kappa shape index (κ1) is 10.4. The van der Waals surface area contributed by atoms with Crippen LogP contribution in [0.2, 0.25) is 0 Å². The van der Waals surface area contributed by atoms with Crippen molar-refractivity contribution in [1.82, 2.24) is 0 Å². The van der Waals surface area contributed by atoms with Crippen LogP contribution < -0.4 is 0 Å². The molecule has 0 radical (unpaired) electrons. The van der Waals surface area contributed by atoms with Gasteiger partial charge >= 0.3 is 17.9 Å². The number of ether oxygens (including phenoxy) is 2. The smallest absolute Gasteiger partial charge is 0.349 e. The lowest BCUT2D eigenvalue weighted by molar-refractivity contribution is -0.129. The monoisotopic (exact) mass is 243 g/mol. The lowest BCUT2D eigenvalue weighted by atomic mass is 10.1. The third-order valence-corrected chi connectivity index (χ3v) is 2.45. The molecule has 0 aromatic heterocycles.